The Hall–Kier alpha value is -2.84. The molecule has 2 aromatic carbocycles. The van der Waals surface area contributed by atoms with Gasteiger partial charge in [-0.3, -0.25) is 14.5 Å². The molecule has 1 heterocycles. The monoisotopic (exact) mass is 429 g/mol. The Morgan fingerprint density at radius 1 is 1.03 bits per heavy atom. The minimum absolute atomic E-state index is 0.0377. The maximum atomic E-state index is 13.0. The first-order chi connectivity index (χ1) is 13.9. The van der Waals surface area contributed by atoms with Gasteiger partial charge in [0.1, 0.15) is 0 Å². The van der Waals surface area contributed by atoms with Crippen LogP contribution in [0.2, 0.25) is 0 Å². The third-order valence-corrected chi connectivity index (χ3v) is 5.61. The highest BCUT2D eigenvalue weighted by molar-refractivity contribution is 8.27. The number of benzene rings is 2. The molecule has 0 radical (unpaired) electrons. The minimum atomic E-state index is -0.232. The summed E-state index contributed by atoms with van der Waals surface area (Å²) in [5, 5.41) is 0. The fourth-order valence-electron chi connectivity index (χ4n) is 2.87. The van der Waals surface area contributed by atoms with Crippen molar-refractivity contribution < 1.29 is 23.8 Å². The molecule has 0 aliphatic carbocycles. The number of thiocarbonyl (C=S) groups is 1. The van der Waals surface area contributed by atoms with E-state index >= 15 is 0 Å². The third-order valence-electron chi connectivity index (χ3n) is 4.31. The molecule has 6 nitrogen and oxygen atoms in total. The van der Waals surface area contributed by atoms with Gasteiger partial charge in [-0.15, -0.1) is 0 Å². The van der Waals surface area contributed by atoms with Gasteiger partial charge < -0.3 is 14.2 Å². The molecule has 150 valence electrons. The molecule has 8 heteroatoms. The van der Waals surface area contributed by atoms with Crippen molar-refractivity contribution in [2.24, 2.45) is 0 Å². The second-order valence-electron chi connectivity index (χ2n) is 6.08. The lowest BCUT2D eigenvalue weighted by atomic mass is 10.1. The second-order valence-corrected chi connectivity index (χ2v) is 7.75. The molecule has 0 unspecified atom stereocenters. The number of carbonyl (C=O) groups excluding carboxylic acids is 2. The van der Waals surface area contributed by atoms with Gasteiger partial charge in [-0.2, -0.15) is 0 Å². The summed E-state index contributed by atoms with van der Waals surface area (Å²) in [6.45, 7) is 1.49. The highest BCUT2D eigenvalue weighted by atomic mass is 32.2. The van der Waals surface area contributed by atoms with Gasteiger partial charge in [0.25, 0.3) is 5.91 Å². The molecule has 1 aliphatic heterocycles. The first-order valence-electron chi connectivity index (χ1n) is 8.58. The van der Waals surface area contributed by atoms with E-state index in [1.54, 1.807) is 42.5 Å². The fraction of sp³-hybridized carbons (Fsp3) is 0.190. The van der Waals surface area contributed by atoms with Gasteiger partial charge in [0.05, 0.1) is 31.9 Å². The Morgan fingerprint density at radius 2 is 1.62 bits per heavy atom. The number of thioether (sulfide) groups is 1. The normalized spacial score (nSPS) is 15.0. The van der Waals surface area contributed by atoms with Crippen LogP contribution in [0.5, 0.6) is 17.2 Å². The fourth-order valence-corrected chi connectivity index (χ4v) is 4.17. The Balaban J connectivity index is 1.95. The number of rotatable bonds is 6. The molecular weight excluding hydrogens is 410 g/mol. The van der Waals surface area contributed by atoms with Gasteiger partial charge in [-0.25, -0.2) is 0 Å². The number of anilines is 1. The zero-order valence-electron chi connectivity index (χ0n) is 16.3. The summed E-state index contributed by atoms with van der Waals surface area (Å²) in [6.07, 6.45) is 1.73. The van der Waals surface area contributed by atoms with E-state index in [9.17, 15) is 9.59 Å². The largest absolute Gasteiger partial charge is 0.493 e. The van der Waals surface area contributed by atoms with E-state index in [1.807, 2.05) is 0 Å². The molecule has 1 amide bonds. The van der Waals surface area contributed by atoms with Crippen molar-refractivity contribution >= 4 is 51.8 Å². The second kappa shape index (κ2) is 8.67. The number of hydrogen-bond donors (Lipinski definition) is 0. The average molecular weight is 430 g/mol. The molecule has 2 aromatic rings. The molecule has 0 N–H and O–H groups in total. The van der Waals surface area contributed by atoms with Gasteiger partial charge in [0, 0.05) is 5.56 Å². The standard InChI is InChI=1S/C21H19NO5S2/c1-12(23)14-5-7-15(8-6-14)22-20(24)18(29-21(22)28)11-13-9-16(25-2)19(27-4)17(10-13)26-3/h5-11H,1-4H3. The predicted molar refractivity (Wildman–Crippen MR) is 118 cm³/mol. The van der Waals surface area contributed by atoms with E-state index in [4.69, 9.17) is 26.4 Å². The zero-order valence-corrected chi connectivity index (χ0v) is 18.0. The SMILES string of the molecule is COc1cc(C=C2SC(=S)N(c3ccc(C(C)=O)cc3)C2=O)cc(OC)c1OC. The summed E-state index contributed by atoms with van der Waals surface area (Å²) in [4.78, 5) is 26.4. The first kappa shape index (κ1) is 20.9. The molecular formula is C21H19NO5S2. The zero-order chi connectivity index (χ0) is 21.1. The molecule has 1 aliphatic rings. The average Bonchev–Trinajstić information content (AvgIpc) is 3.00. The lowest BCUT2D eigenvalue weighted by Crippen LogP contribution is -2.27. The summed E-state index contributed by atoms with van der Waals surface area (Å²) in [7, 11) is 4.60. The van der Waals surface area contributed by atoms with Crippen LogP contribution in [0.4, 0.5) is 5.69 Å². The van der Waals surface area contributed by atoms with Crippen molar-refractivity contribution in [3.63, 3.8) is 0 Å². The number of ether oxygens (including phenoxy) is 3. The topological polar surface area (TPSA) is 65.1 Å². The smallest absolute Gasteiger partial charge is 0.270 e. The van der Waals surface area contributed by atoms with Crippen molar-refractivity contribution in [2.75, 3.05) is 26.2 Å². The van der Waals surface area contributed by atoms with Gasteiger partial charge in [0.2, 0.25) is 5.75 Å². The van der Waals surface area contributed by atoms with Gasteiger partial charge in [-0.1, -0.05) is 24.0 Å². The maximum Gasteiger partial charge on any atom is 0.270 e. The minimum Gasteiger partial charge on any atom is -0.493 e. The highest BCUT2D eigenvalue weighted by Crippen LogP contribution is 2.41. The van der Waals surface area contributed by atoms with E-state index in [0.29, 0.717) is 43.3 Å². The van der Waals surface area contributed by atoms with Gasteiger partial charge >= 0.3 is 0 Å². The van der Waals surface area contributed by atoms with Crippen molar-refractivity contribution in [3.8, 4) is 17.2 Å². The summed E-state index contributed by atoms with van der Waals surface area (Å²) in [5.74, 6) is 1.20. The van der Waals surface area contributed by atoms with Crippen LogP contribution in [0.3, 0.4) is 0 Å². The van der Waals surface area contributed by atoms with Crippen LogP contribution in [0, 0.1) is 0 Å². The maximum absolute atomic E-state index is 13.0. The quantitative estimate of drug-likeness (QED) is 0.385. The van der Waals surface area contributed by atoms with Crippen LogP contribution in [0.15, 0.2) is 41.3 Å². The molecule has 1 fully saturated rings. The summed E-state index contributed by atoms with van der Waals surface area (Å²) in [5.41, 5.74) is 1.91. The molecule has 0 saturated carbocycles. The molecule has 0 aromatic heterocycles. The van der Waals surface area contributed by atoms with E-state index in [1.165, 1.54) is 44.9 Å². The van der Waals surface area contributed by atoms with Crippen molar-refractivity contribution in [3.05, 3.63) is 52.4 Å². The number of ketones is 1. The van der Waals surface area contributed by atoms with Crippen molar-refractivity contribution in [2.45, 2.75) is 6.92 Å². The van der Waals surface area contributed by atoms with Crippen molar-refractivity contribution in [1.29, 1.82) is 0 Å². The molecule has 3 rings (SSSR count). The molecule has 0 bridgehead atoms. The molecule has 0 atom stereocenters. The molecule has 1 saturated heterocycles. The summed E-state index contributed by atoms with van der Waals surface area (Å²) < 4.78 is 16.5. The van der Waals surface area contributed by atoms with E-state index in [2.05, 4.69) is 0 Å². The van der Waals surface area contributed by atoms with E-state index in [0.717, 1.165) is 0 Å². The Bertz CT molecular complexity index is 989. The van der Waals surface area contributed by atoms with Crippen molar-refractivity contribution in [1.82, 2.24) is 0 Å². The Morgan fingerprint density at radius 3 is 2.10 bits per heavy atom. The van der Waals surface area contributed by atoms with Crippen LogP contribution in [0.1, 0.15) is 22.8 Å². The van der Waals surface area contributed by atoms with Crippen LogP contribution >= 0.6 is 24.0 Å². The van der Waals surface area contributed by atoms with Crippen LogP contribution in [-0.2, 0) is 4.79 Å². The number of nitrogens with zero attached hydrogens (tertiary/aromatic N) is 1. The molecule has 0 spiro atoms. The lowest BCUT2D eigenvalue weighted by Gasteiger charge is -2.14. The van der Waals surface area contributed by atoms with Crippen LogP contribution < -0.4 is 19.1 Å². The highest BCUT2D eigenvalue weighted by Gasteiger charge is 2.33. The van der Waals surface area contributed by atoms with Gasteiger partial charge in [-0.05, 0) is 55.0 Å². The van der Waals surface area contributed by atoms with Crippen LogP contribution in [0.25, 0.3) is 6.08 Å². The third kappa shape index (κ3) is 4.13. The predicted octanol–water partition coefficient (Wildman–Crippen LogP) is 4.32. The van der Waals surface area contributed by atoms with E-state index < -0.39 is 0 Å². The number of amides is 1. The van der Waals surface area contributed by atoms with E-state index in [-0.39, 0.29) is 11.7 Å². The first-order valence-corrected chi connectivity index (χ1v) is 9.81. The Kier molecular flexibility index (Phi) is 6.24. The molecule has 29 heavy (non-hydrogen) atoms. The number of methoxy groups -OCH3 is 3. The number of Topliss-reactive ketones (excluding diaryl/α,β-unsaturated/α-hetero) is 1. The van der Waals surface area contributed by atoms with Crippen LogP contribution in [-0.4, -0.2) is 37.3 Å². The number of hydrogen-bond acceptors (Lipinski definition) is 7. The summed E-state index contributed by atoms with van der Waals surface area (Å²) >= 11 is 6.61. The lowest BCUT2D eigenvalue weighted by molar-refractivity contribution is -0.113. The van der Waals surface area contributed by atoms with Gasteiger partial charge in [0.15, 0.2) is 21.6 Å². The Labute approximate surface area is 178 Å². The summed E-state index contributed by atoms with van der Waals surface area (Å²) in [6, 6.07) is 10.3. The number of carbonyl (C=O) groups is 2.